The maximum Gasteiger partial charge on any atom is 0.303 e. The minimum Gasteiger partial charge on any atom is -0.462 e. The zero-order valence-electron chi connectivity index (χ0n) is 19.0. The molecule has 0 saturated heterocycles. The van der Waals surface area contributed by atoms with Crippen molar-refractivity contribution in [2.24, 2.45) is 23.2 Å². The molecular weight excluding hydrogens is 368 g/mol. The second-order valence-electron chi connectivity index (χ2n) is 10.1. The molecule has 1 saturated carbocycles. The molecule has 6 atom stereocenters. The van der Waals surface area contributed by atoms with Gasteiger partial charge < -0.3 is 14.6 Å². The Balaban J connectivity index is 2.57. The molecule has 0 aromatic rings. The Bertz CT molecular complexity index is 675. The fourth-order valence-corrected chi connectivity index (χ4v) is 5.31. The zero-order valence-corrected chi connectivity index (χ0v) is 19.0. The van der Waals surface area contributed by atoms with Crippen LogP contribution in [0, 0.1) is 23.2 Å². The molecular formula is C24H38O5. The van der Waals surface area contributed by atoms with Crippen LogP contribution in [0.1, 0.15) is 74.1 Å². The Morgan fingerprint density at radius 2 is 1.79 bits per heavy atom. The van der Waals surface area contributed by atoms with Crippen molar-refractivity contribution in [2.45, 2.75) is 91.5 Å². The molecule has 1 N–H and O–H groups in total. The highest BCUT2D eigenvalue weighted by molar-refractivity contribution is 5.67. The number of carbonyl (C=O) groups excluding carboxylic acids is 2. The Morgan fingerprint density at radius 3 is 2.38 bits per heavy atom. The van der Waals surface area contributed by atoms with Crippen molar-refractivity contribution in [3.63, 3.8) is 0 Å². The van der Waals surface area contributed by atoms with Gasteiger partial charge in [0.25, 0.3) is 0 Å². The number of hydrogen-bond donors (Lipinski definition) is 1. The van der Waals surface area contributed by atoms with Crippen molar-refractivity contribution in [1.82, 2.24) is 0 Å². The quantitative estimate of drug-likeness (QED) is 0.548. The highest BCUT2D eigenvalue weighted by Gasteiger charge is 2.55. The molecule has 0 spiro atoms. The maximum atomic E-state index is 12.0. The van der Waals surface area contributed by atoms with E-state index in [0.717, 1.165) is 19.3 Å². The van der Waals surface area contributed by atoms with Crippen LogP contribution >= 0.6 is 0 Å². The average molecular weight is 407 g/mol. The number of allylic oxidation sites excluding steroid dienone is 3. The predicted molar refractivity (Wildman–Crippen MR) is 113 cm³/mol. The summed E-state index contributed by atoms with van der Waals surface area (Å²) in [4.78, 5) is 23.8. The first kappa shape index (κ1) is 23.7. The number of ether oxygens (including phenoxy) is 2. The molecule has 0 aromatic heterocycles. The maximum absolute atomic E-state index is 12.0. The van der Waals surface area contributed by atoms with Gasteiger partial charge in [0.05, 0.1) is 5.60 Å². The van der Waals surface area contributed by atoms with Gasteiger partial charge in [0.15, 0.2) is 0 Å². The largest absolute Gasteiger partial charge is 0.462 e. The number of carbonyl (C=O) groups is 2. The van der Waals surface area contributed by atoms with Gasteiger partial charge in [-0.15, -0.1) is 0 Å². The number of rotatable bonds is 3. The highest BCUT2D eigenvalue weighted by Crippen LogP contribution is 2.55. The standard InChI is InChI=1S/C24H38O5/c1-16-9-8-12-24(7,27)15-20(28-17(2)25)21-19(22(4,5)29-18(3)26)11-14-23(21,6)13-10-16/h8,10,12-13,16,19-21,27H,9,11,14-15H2,1-7H3/b12-8+,13-10+/t16-,19+,20-,21+,23-,24+/m0/s1. The third kappa shape index (κ3) is 5.94. The van der Waals surface area contributed by atoms with E-state index in [1.807, 2.05) is 26.0 Å². The lowest BCUT2D eigenvalue weighted by Crippen LogP contribution is -2.48. The van der Waals surface area contributed by atoms with Crippen molar-refractivity contribution < 1.29 is 24.2 Å². The molecule has 5 heteroatoms. The summed E-state index contributed by atoms with van der Waals surface area (Å²) in [6, 6.07) is 0. The van der Waals surface area contributed by atoms with Crippen molar-refractivity contribution >= 4 is 11.9 Å². The fraction of sp³-hybridized carbons (Fsp3) is 0.750. The third-order valence-corrected chi connectivity index (χ3v) is 6.61. The van der Waals surface area contributed by atoms with Gasteiger partial charge in [0.1, 0.15) is 11.7 Å². The lowest BCUT2D eigenvalue weighted by Gasteiger charge is -2.44. The third-order valence-electron chi connectivity index (χ3n) is 6.61. The van der Waals surface area contributed by atoms with Crippen LogP contribution in [-0.2, 0) is 19.1 Å². The first-order chi connectivity index (χ1) is 13.3. The normalized spacial score (nSPS) is 40.3. The highest BCUT2D eigenvalue weighted by atomic mass is 16.6. The van der Waals surface area contributed by atoms with Gasteiger partial charge in [-0.1, -0.05) is 38.2 Å². The Hall–Kier alpha value is -1.62. The number of fused-ring (bicyclic) bond motifs is 1. The van der Waals surface area contributed by atoms with Gasteiger partial charge in [-0.3, -0.25) is 9.59 Å². The van der Waals surface area contributed by atoms with Gasteiger partial charge in [-0.2, -0.15) is 0 Å². The van der Waals surface area contributed by atoms with Crippen molar-refractivity contribution in [1.29, 1.82) is 0 Å². The molecule has 2 rings (SSSR count). The summed E-state index contributed by atoms with van der Waals surface area (Å²) in [5.41, 5.74) is -2.02. The van der Waals surface area contributed by atoms with E-state index < -0.39 is 17.3 Å². The van der Waals surface area contributed by atoms with Crippen LogP contribution in [0.25, 0.3) is 0 Å². The van der Waals surface area contributed by atoms with Crippen LogP contribution in [0.15, 0.2) is 24.3 Å². The first-order valence-corrected chi connectivity index (χ1v) is 10.7. The first-order valence-electron chi connectivity index (χ1n) is 10.7. The van der Waals surface area contributed by atoms with Crippen LogP contribution in [0.5, 0.6) is 0 Å². The number of aliphatic hydroxyl groups is 1. The molecule has 0 radical (unpaired) electrons. The molecule has 2 aliphatic rings. The summed E-state index contributed by atoms with van der Waals surface area (Å²) in [6.45, 7) is 12.8. The molecule has 29 heavy (non-hydrogen) atoms. The predicted octanol–water partition coefficient (Wildman–Crippen LogP) is 4.59. The van der Waals surface area contributed by atoms with E-state index >= 15 is 0 Å². The van der Waals surface area contributed by atoms with Gasteiger partial charge in [0.2, 0.25) is 0 Å². The van der Waals surface area contributed by atoms with E-state index in [1.165, 1.54) is 13.8 Å². The van der Waals surface area contributed by atoms with Crippen LogP contribution in [0.4, 0.5) is 0 Å². The van der Waals surface area contributed by atoms with E-state index in [9.17, 15) is 14.7 Å². The Morgan fingerprint density at radius 1 is 1.14 bits per heavy atom. The van der Waals surface area contributed by atoms with E-state index in [2.05, 4.69) is 26.0 Å². The molecule has 0 aliphatic heterocycles. The Labute approximate surface area is 175 Å². The summed E-state index contributed by atoms with van der Waals surface area (Å²) >= 11 is 0. The molecule has 0 bridgehead atoms. The fourth-order valence-electron chi connectivity index (χ4n) is 5.31. The Kier molecular flexibility index (Phi) is 7.04. The van der Waals surface area contributed by atoms with Gasteiger partial charge in [-0.25, -0.2) is 0 Å². The van der Waals surface area contributed by atoms with E-state index in [1.54, 1.807) is 6.92 Å². The van der Waals surface area contributed by atoms with Gasteiger partial charge in [0, 0.05) is 32.1 Å². The lowest BCUT2D eigenvalue weighted by atomic mass is 9.68. The van der Waals surface area contributed by atoms with Crippen molar-refractivity contribution in [3.05, 3.63) is 24.3 Å². The smallest absolute Gasteiger partial charge is 0.303 e. The van der Waals surface area contributed by atoms with Gasteiger partial charge in [-0.05, 0) is 51.4 Å². The summed E-state index contributed by atoms with van der Waals surface area (Å²) in [6.07, 6.45) is 10.7. The van der Waals surface area contributed by atoms with E-state index in [-0.39, 0.29) is 29.2 Å². The molecule has 5 nitrogen and oxygen atoms in total. The lowest BCUT2D eigenvalue weighted by molar-refractivity contribution is -0.171. The molecule has 0 amide bonds. The van der Waals surface area contributed by atoms with Gasteiger partial charge >= 0.3 is 11.9 Å². The average Bonchev–Trinajstić information content (AvgIpc) is 2.88. The van der Waals surface area contributed by atoms with Crippen LogP contribution in [-0.4, -0.2) is 34.4 Å². The molecule has 0 aromatic carbocycles. The van der Waals surface area contributed by atoms with E-state index in [4.69, 9.17) is 9.47 Å². The SMILES string of the molecule is CC(=O)O[C@H]1C[C@](C)(O)/C=C/C[C@H](C)/C=C/[C@@]2(C)CC[C@@H](C(C)(C)OC(C)=O)[C@H]12. The molecule has 0 unspecified atom stereocenters. The molecule has 0 heterocycles. The summed E-state index contributed by atoms with van der Waals surface area (Å²) in [5, 5.41) is 11.0. The van der Waals surface area contributed by atoms with Crippen LogP contribution in [0.2, 0.25) is 0 Å². The minimum atomic E-state index is -1.09. The molecule has 1 fully saturated rings. The summed E-state index contributed by atoms with van der Waals surface area (Å²) in [5.74, 6) is -0.419. The topological polar surface area (TPSA) is 72.8 Å². The molecule has 164 valence electrons. The zero-order chi connectivity index (χ0) is 22.0. The molecule has 2 aliphatic carbocycles. The number of hydrogen-bond acceptors (Lipinski definition) is 5. The minimum absolute atomic E-state index is 0.00115. The van der Waals surface area contributed by atoms with Crippen molar-refractivity contribution in [2.75, 3.05) is 0 Å². The van der Waals surface area contributed by atoms with E-state index in [0.29, 0.717) is 12.3 Å². The van der Waals surface area contributed by atoms with Crippen LogP contribution in [0.3, 0.4) is 0 Å². The van der Waals surface area contributed by atoms with Crippen LogP contribution < -0.4 is 0 Å². The second-order valence-corrected chi connectivity index (χ2v) is 10.1. The summed E-state index contributed by atoms with van der Waals surface area (Å²) in [7, 11) is 0. The monoisotopic (exact) mass is 406 g/mol. The number of esters is 2. The van der Waals surface area contributed by atoms with Crippen molar-refractivity contribution in [3.8, 4) is 0 Å². The summed E-state index contributed by atoms with van der Waals surface area (Å²) < 4.78 is 11.5. The second kappa shape index (κ2) is 8.63.